The molecule has 0 saturated carbocycles. The van der Waals surface area contributed by atoms with E-state index in [2.05, 4.69) is 4.98 Å². The quantitative estimate of drug-likeness (QED) is 0.462. The average molecular weight is 412 g/mol. The molecule has 30 heavy (non-hydrogen) atoms. The number of nitrogens with zero attached hydrogens (tertiary/aromatic N) is 2. The van der Waals surface area contributed by atoms with Crippen molar-refractivity contribution >= 4 is 17.4 Å². The van der Waals surface area contributed by atoms with E-state index in [1.807, 2.05) is 0 Å². The van der Waals surface area contributed by atoms with Crippen LogP contribution in [0.3, 0.4) is 0 Å². The van der Waals surface area contributed by atoms with E-state index in [4.69, 9.17) is 9.47 Å². The van der Waals surface area contributed by atoms with Gasteiger partial charge in [-0.1, -0.05) is 6.07 Å². The summed E-state index contributed by atoms with van der Waals surface area (Å²) in [6.07, 6.45) is 3.00. The first kappa shape index (κ1) is 20.0. The monoisotopic (exact) mass is 412 g/mol. The zero-order valence-corrected chi connectivity index (χ0v) is 16.4. The molecule has 156 valence electrons. The van der Waals surface area contributed by atoms with Gasteiger partial charge in [0.05, 0.1) is 30.0 Å². The summed E-state index contributed by atoms with van der Waals surface area (Å²) in [6.45, 7) is 0.798. The van der Waals surface area contributed by atoms with Gasteiger partial charge in [0, 0.05) is 19.3 Å². The number of benzene rings is 1. The molecule has 2 aromatic rings. The highest BCUT2D eigenvalue weighted by Crippen LogP contribution is 2.40. The van der Waals surface area contributed by atoms with Crippen LogP contribution in [-0.2, 0) is 14.3 Å². The van der Waals surface area contributed by atoms with Crippen LogP contribution in [0.1, 0.15) is 30.1 Å². The number of carbonyl (C=O) groups is 2. The van der Waals surface area contributed by atoms with Crippen LogP contribution in [0.5, 0.6) is 5.75 Å². The minimum Gasteiger partial charge on any atom is -0.507 e. The molecule has 2 unspecified atom stereocenters. The van der Waals surface area contributed by atoms with Crippen LogP contribution in [0.25, 0.3) is 5.76 Å². The lowest BCUT2D eigenvalue weighted by Crippen LogP contribution is -2.36. The molecule has 2 saturated heterocycles. The van der Waals surface area contributed by atoms with Crippen LogP contribution in [0.4, 0.5) is 4.39 Å². The smallest absolute Gasteiger partial charge is 0.295 e. The lowest BCUT2D eigenvalue weighted by molar-refractivity contribution is -0.140. The minimum atomic E-state index is -0.914. The molecule has 0 radical (unpaired) electrons. The summed E-state index contributed by atoms with van der Waals surface area (Å²) in [5, 5.41) is 11.0. The van der Waals surface area contributed by atoms with Crippen LogP contribution in [0.2, 0.25) is 0 Å². The molecule has 2 fully saturated rings. The minimum absolute atomic E-state index is 0.00597. The number of aliphatic hydroxyl groups is 1. The number of methoxy groups -OCH3 is 1. The molecule has 0 aliphatic carbocycles. The van der Waals surface area contributed by atoms with E-state index in [1.54, 1.807) is 24.4 Å². The zero-order valence-electron chi connectivity index (χ0n) is 16.4. The van der Waals surface area contributed by atoms with E-state index in [0.717, 1.165) is 18.9 Å². The molecule has 1 amide bonds. The van der Waals surface area contributed by atoms with Crippen molar-refractivity contribution in [2.24, 2.45) is 0 Å². The Kier molecular flexibility index (Phi) is 5.50. The highest BCUT2D eigenvalue weighted by atomic mass is 19.1. The molecule has 0 spiro atoms. The van der Waals surface area contributed by atoms with Gasteiger partial charge in [-0.05, 0) is 43.2 Å². The van der Waals surface area contributed by atoms with Crippen molar-refractivity contribution in [3.8, 4) is 5.75 Å². The fourth-order valence-electron chi connectivity index (χ4n) is 3.93. The number of amides is 1. The second kappa shape index (κ2) is 8.23. The lowest BCUT2D eigenvalue weighted by atomic mass is 9.97. The molecule has 0 bridgehead atoms. The van der Waals surface area contributed by atoms with Crippen LogP contribution in [0.15, 0.2) is 48.2 Å². The fourth-order valence-corrected chi connectivity index (χ4v) is 3.93. The first-order valence-corrected chi connectivity index (χ1v) is 9.66. The maximum atomic E-state index is 13.9. The molecule has 4 rings (SSSR count). The largest absolute Gasteiger partial charge is 0.507 e. The van der Waals surface area contributed by atoms with Crippen molar-refractivity contribution in [1.82, 2.24) is 9.88 Å². The van der Waals surface area contributed by atoms with Crippen LogP contribution >= 0.6 is 0 Å². The Bertz CT molecular complexity index is 1000. The van der Waals surface area contributed by atoms with Crippen molar-refractivity contribution < 1.29 is 28.6 Å². The number of pyridine rings is 1. The average Bonchev–Trinajstić information content (AvgIpc) is 3.36. The summed E-state index contributed by atoms with van der Waals surface area (Å²) in [4.78, 5) is 31.5. The van der Waals surface area contributed by atoms with Crippen LogP contribution < -0.4 is 4.74 Å². The van der Waals surface area contributed by atoms with E-state index in [0.29, 0.717) is 12.3 Å². The van der Waals surface area contributed by atoms with Crippen molar-refractivity contribution in [1.29, 1.82) is 0 Å². The molecule has 1 aromatic heterocycles. The van der Waals surface area contributed by atoms with Crippen molar-refractivity contribution in [3.63, 3.8) is 0 Å². The summed E-state index contributed by atoms with van der Waals surface area (Å²) < 4.78 is 24.7. The second-order valence-electron chi connectivity index (χ2n) is 7.19. The summed E-state index contributed by atoms with van der Waals surface area (Å²) in [6, 6.07) is 7.81. The van der Waals surface area contributed by atoms with Gasteiger partial charge in [0.1, 0.15) is 23.4 Å². The predicted molar refractivity (Wildman–Crippen MR) is 105 cm³/mol. The van der Waals surface area contributed by atoms with Gasteiger partial charge in [-0.15, -0.1) is 0 Å². The van der Waals surface area contributed by atoms with Gasteiger partial charge in [0.25, 0.3) is 11.7 Å². The molecule has 1 aromatic carbocycles. The lowest BCUT2D eigenvalue weighted by Gasteiger charge is -2.26. The Balaban J connectivity index is 1.86. The Morgan fingerprint density at radius 2 is 2.17 bits per heavy atom. The first-order valence-electron chi connectivity index (χ1n) is 9.66. The SMILES string of the molecule is COc1ccc(F)cc1/C(O)=C1\C(=O)C(=O)N(CC2CCCO2)C1c1ccccn1. The summed E-state index contributed by atoms with van der Waals surface area (Å²) in [5.41, 5.74) is 0.265. The number of ether oxygens (including phenoxy) is 2. The maximum absolute atomic E-state index is 13.9. The number of aliphatic hydroxyl groups excluding tert-OH is 1. The topological polar surface area (TPSA) is 89.0 Å². The third kappa shape index (κ3) is 3.54. The van der Waals surface area contributed by atoms with Crippen LogP contribution in [0, 0.1) is 5.82 Å². The van der Waals surface area contributed by atoms with Gasteiger partial charge in [-0.25, -0.2) is 4.39 Å². The predicted octanol–water partition coefficient (Wildman–Crippen LogP) is 2.83. The van der Waals surface area contributed by atoms with Gasteiger partial charge in [-0.2, -0.15) is 0 Å². The summed E-state index contributed by atoms with van der Waals surface area (Å²) in [7, 11) is 1.37. The normalized spacial score (nSPS) is 23.2. The molecule has 2 aliphatic rings. The van der Waals surface area contributed by atoms with Gasteiger partial charge >= 0.3 is 0 Å². The number of hydrogen-bond donors (Lipinski definition) is 1. The standard InChI is InChI=1S/C22H21FN2O5/c1-29-17-8-7-13(23)11-15(17)20(26)18-19(16-6-2-3-9-24-16)25(22(28)21(18)27)12-14-5-4-10-30-14/h2-3,6-9,11,14,19,26H,4-5,10,12H2,1H3/b20-18+. The van der Waals surface area contributed by atoms with Gasteiger partial charge in [0.15, 0.2) is 0 Å². The number of aromatic nitrogens is 1. The molecule has 1 N–H and O–H groups in total. The Hall–Kier alpha value is -3.26. The number of ketones is 1. The van der Waals surface area contributed by atoms with E-state index in [9.17, 15) is 19.1 Å². The zero-order chi connectivity index (χ0) is 21.3. The highest BCUT2D eigenvalue weighted by molar-refractivity contribution is 6.46. The Morgan fingerprint density at radius 1 is 1.33 bits per heavy atom. The molecule has 3 heterocycles. The van der Waals surface area contributed by atoms with Crippen LogP contribution in [-0.4, -0.2) is 53.0 Å². The summed E-state index contributed by atoms with van der Waals surface area (Å²) in [5.74, 6) is -2.54. The Labute approximate surface area is 172 Å². The molecular weight excluding hydrogens is 391 g/mol. The number of carbonyl (C=O) groups excluding carboxylic acids is 2. The second-order valence-corrected chi connectivity index (χ2v) is 7.19. The third-order valence-electron chi connectivity index (χ3n) is 5.35. The number of hydrogen-bond acceptors (Lipinski definition) is 6. The van der Waals surface area contributed by atoms with Crippen molar-refractivity contribution in [2.75, 3.05) is 20.3 Å². The maximum Gasteiger partial charge on any atom is 0.295 e. The number of halogens is 1. The fraction of sp³-hybridized carbons (Fsp3) is 0.318. The van der Waals surface area contributed by atoms with Gasteiger partial charge in [0.2, 0.25) is 0 Å². The van der Waals surface area contributed by atoms with E-state index in [-0.39, 0.29) is 29.5 Å². The molecule has 2 aliphatic heterocycles. The first-order chi connectivity index (χ1) is 14.5. The molecule has 8 heteroatoms. The highest BCUT2D eigenvalue weighted by Gasteiger charge is 2.47. The third-order valence-corrected chi connectivity index (χ3v) is 5.35. The van der Waals surface area contributed by atoms with E-state index < -0.39 is 29.3 Å². The number of likely N-dealkylation sites (tertiary alicyclic amines) is 1. The molecule has 7 nitrogen and oxygen atoms in total. The van der Waals surface area contributed by atoms with Gasteiger partial charge < -0.3 is 19.5 Å². The van der Waals surface area contributed by atoms with E-state index in [1.165, 1.54) is 24.1 Å². The Morgan fingerprint density at radius 3 is 2.83 bits per heavy atom. The summed E-state index contributed by atoms with van der Waals surface area (Å²) >= 11 is 0. The van der Waals surface area contributed by atoms with Gasteiger partial charge in [-0.3, -0.25) is 14.6 Å². The molecular formula is C22H21FN2O5. The van der Waals surface area contributed by atoms with Crippen molar-refractivity contribution in [3.05, 3.63) is 65.2 Å². The number of rotatable bonds is 5. The van der Waals surface area contributed by atoms with E-state index >= 15 is 0 Å². The van der Waals surface area contributed by atoms with Crippen molar-refractivity contribution in [2.45, 2.75) is 25.0 Å². The number of Topliss-reactive ketones (excluding diaryl/α,β-unsaturated/α-hetero) is 1. The molecule has 2 atom stereocenters.